The Kier molecular flexibility index (Phi) is 7.48. The van der Waals surface area contributed by atoms with Gasteiger partial charge in [0, 0.05) is 6.42 Å². The average molecular weight is 202 g/mol. The molecule has 3 nitrogen and oxygen atoms in total. The minimum Gasteiger partial charge on any atom is -0.461 e. The third kappa shape index (κ3) is 6.89. The molecule has 3 N–H and O–H groups in total. The Hall–Kier alpha value is -0.570. The van der Waals surface area contributed by atoms with Crippen LogP contribution in [-0.2, 0) is 9.53 Å². The first-order chi connectivity index (χ1) is 6.57. The lowest BCUT2D eigenvalue weighted by molar-refractivity contribution is -0.411. The van der Waals surface area contributed by atoms with E-state index in [4.69, 9.17) is 4.74 Å². The van der Waals surface area contributed by atoms with Gasteiger partial charge < -0.3 is 10.5 Å². The van der Waals surface area contributed by atoms with Crippen molar-refractivity contribution in [2.45, 2.75) is 52.5 Å². The van der Waals surface area contributed by atoms with Gasteiger partial charge >= 0.3 is 5.97 Å². The van der Waals surface area contributed by atoms with Gasteiger partial charge in [-0.3, -0.25) is 0 Å². The van der Waals surface area contributed by atoms with Crippen LogP contribution < -0.4 is 5.73 Å². The number of esters is 1. The fourth-order valence-corrected chi connectivity index (χ4v) is 1.31. The molecule has 0 heterocycles. The molecule has 0 aromatic rings. The van der Waals surface area contributed by atoms with Crippen LogP contribution in [0.3, 0.4) is 0 Å². The Balaban J connectivity index is 3.52. The summed E-state index contributed by atoms with van der Waals surface area (Å²) in [6.45, 7) is 6.85. The topological polar surface area (TPSA) is 53.9 Å². The van der Waals surface area contributed by atoms with E-state index >= 15 is 0 Å². The number of hydrogen-bond acceptors (Lipinski definition) is 2. The van der Waals surface area contributed by atoms with E-state index in [0.29, 0.717) is 12.5 Å². The van der Waals surface area contributed by atoms with Crippen LogP contribution in [0.25, 0.3) is 0 Å². The highest BCUT2D eigenvalue weighted by molar-refractivity contribution is 5.73. The fraction of sp³-hybridized carbons (Fsp3) is 0.909. The van der Waals surface area contributed by atoms with Crippen molar-refractivity contribution in [3.8, 4) is 0 Å². The molecule has 0 saturated carbocycles. The predicted octanol–water partition coefficient (Wildman–Crippen LogP) is 1.38. The SMILES string of the molecule is CCCCCOC(=O)C([NH3+])CC(C)C. The van der Waals surface area contributed by atoms with Crippen LogP contribution in [0.5, 0.6) is 0 Å². The number of carbonyl (C=O) groups excluding carboxylic acids is 1. The van der Waals surface area contributed by atoms with Gasteiger partial charge in [0.05, 0.1) is 6.61 Å². The normalized spacial score (nSPS) is 12.9. The molecule has 0 rings (SSSR count). The van der Waals surface area contributed by atoms with Crippen molar-refractivity contribution < 1.29 is 15.3 Å². The van der Waals surface area contributed by atoms with Crippen molar-refractivity contribution in [3.05, 3.63) is 0 Å². The van der Waals surface area contributed by atoms with Gasteiger partial charge in [-0.05, 0) is 12.3 Å². The molecular formula is C11H24NO2+. The monoisotopic (exact) mass is 202 g/mol. The molecule has 0 aromatic carbocycles. The van der Waals surface area contributed by atoms with Crippen LogP contribution >= 0.6 is 0 Å². The first kappa shape index (κ1) is 13.4. The average Bonchev–Trinajstić information content (AvgIpc) is 2.11. The fourth-order valence-electron chi connectivity index (χ4n) is 1.31. The first-order valence-corrected chi connectivity index (χ1v) is 5.57. The Bertz CT molecular complexity index is 157. The van der Waals surface area contributed by atoms with E-state index in [1.54, 1.807) is 0 Å². The van der Waals surface area contributed by atoms with Gasteiger partial charge in [-0.2, -0.15) is 0 Å². The third-order valence-corrected chi connectivity index (χ3v) is 2.08. The Morgan fingerprint density at radius 2 is 2.00 bits per heavy atom. The summed E-state index contributed by atoms with van der Waals surface area (Å²) in [4.78, 5) is 11.4. The second kappa shape index (κ2) is 7.80. The van der Waals surface area contributed by atoms with Gasteiger partial charge in [0.1, 0.15) is 0 Å². The first-order valence-electron chi connectivity index (χ1n) is 5.57. The zero-order valence-electron chi connectivity index (χ0n) is 9.71. The van der Waals surface area contributed by atoms with Crippen molar-refractivity contribution in [2.75, 3.05) is 6.61 Å². The number of quaternary nitrogens is 1. The van der Waals surface area contributed by atoms with E-state index < -0.39 is 0 Å². The van der Waals surface area contributed by atoms with Crippen LogP contribution in [0.15, 0.2) is 0 Å². The zero-order chi connectivity index (χ0) is 11.0. The van der Waals surface area contributed by atoms with Gasteiger partial charge in [-0.15, -0.1) is 0 Å². The Morgan fingerprint density at radius 1 is 1.36 bits per heavy atom. The lowest BCUT2D eigenvalue weighted by Crippen LogP contribution is -2.65. The maximum Gasteiger partial charge on any atom is 0.364 e. The second-order valence-corrected chi connectivity index (χ2v) is 4.20. The number of hydrogen-bond donors (Lipinski definition) is 1. The summed E-state index contributed by atoms with van der Waals surface area (Å²) in [5.74, 6) is 0.357. The molecular weight excluding hydrogens is 178 g/mol. The number of ether oxygens (including phenoxy) is 1. The number of rotatable bonds is 7. The van der Waals surface area contributed by atoms with E-state index in [1.165, 1.54) is 0 Å². The molecule has 0 radical (unpaired) electrons. The summed E-state index contributed by atoms with van der Waals surface area (Å²) in [5, 5.41) is 0. The van der Waals surface area contributed by atoms with E-state index in [2.05, 4.69) is 26.5 Å². The summed E-state index contributed by atoms with van der Waals surface area (Å²) in [5.41, 5.74) is 3.80. The maximum absolute atomic E-state index is 11.4. The molecule has 0 aliphatic rings. The van der Waals surface area contributed by atoms with Gasteiger partial charge in [-0.25, -0.2) is 4.79 Å². The minimum atomic E-state index is -0.198. The molecule has 84 valence electrons. The predicted molar refractivity (Wildman–Crippen MR) is 56.6 cm³/mol. The Morgan fingerprint density at radius 3 is 2.50 bits per heavy atom. The summed E-state index contributed by atoms with van der Waals surface area (Å²) in [6.07, 6.45) is 4.06. The molecule has 0 aromatic heterocycles. The van der Waals surface area contributed by atoms with Gasteiger partial charge in [-0.1, -0.05) is 33.6 Å². The van der Waals surface area contributed by atoms with Gasteiger partial charge in [0.2, 0.25) is 0 Å². The van der Waals surface area contributed by atoms with E-state index in [9.17, 15) is 4.79 Å². The van der Waals surface area contributed by atoms with Crippen LogP contribution in [-0.4, -0.2) is 18.6 Å². The van der Waals surface area contributed by atoms with Crippen molar-refractivity contribution >= 4 is 5.97 Å². The molecule has 3 heteroatoms. The molecule has 14 heavy (non-hydrogen) atoms. The maximum atomic E-state index is 11.4. The summed E-state index contributed by atoms with van der Waals surface area (Å²) < 4.78 is 5.11. The van der Waals surface area contributed by atoms with E-state index in [-0.39, 0.29) is 12.0 Å². The molecule has 0 bridgehead atoms. The molecule has 0 spiro atoms. The van der Waals surface area contributed by atoms with Crippen LogP contribution in [0, 0.1) is 5.92 Å². The molecule has 0 aliphatic carbocycles. The molecule has 0 fully saturated rings. The van der Waals surface area contributed by atoms with Crippen molar-refractivity contribution in [2.24, 2.45) is 5.92 Å². The molecule has 0 amide bonds. The molecule has 0 aliphatic heterocycles. The molecule has 1 unspecified atom stereocenters. The highest BCUT2D eigenvalue weighted by Gasteiger charge is 2.19. The summed E-state index contributed by atoms with van der Waals surface area (Å²) in [7, 11) is 0. The quantitative estimate of drug-likeness (QED) is 0.501. The van der Waals surface area contributed by atoms with Crippen molar-refractivity contribution in [1.82, 2.24) is 0 Å². The molecule has 1 atom stereocenters. The van der Waals surface area contributed by atoms with Gasteiger partial charge in [0.15, 0.2) is 6.04 Å². The standard InChI is InChI=1S/C11H23NO2/c1-4-5-6-7-14-11(13)10(12)8-9(2)3/h9-10H,4-8,12H2,1-3H3/p+1. The largest absolute Gasteiger partial charge is 0.461 e. The highest BCUT2D eigenvalue weighted by Crippen LogP contribution is 2.03. The van der Waals surface area contributed by atoms with Crippen LogP contribution in [0.1, 0.15) is 46.5 Å². The summed E-state index contributed by atoms with van der Waals surface area (Å²) >= 11 is 0. The van der Waals surface area contributed by atoms with Crippen molar-refractivity contribution in [1.29, 1.82) is 0 Å². The smallest absolute Gasteiger partial charge is 0.364 e. The lowest BCUT2D eigenvalue weighted by atomic mass is 10.1. The van der Waals surface area contributed by atoms with Crippen molar-refractivity contribution in [3.63, 3.8) is 0 Å². The van der Waals surface area contributed by atoms with E-state index in [1.807, 2.05) is 0 Å². The Labute approximate surface area is 87.0 Å². The van der Waals surface area contributed by atoms with E-state index in [0.717, 1.165) is 25.7 Å². The van der Waals surface area contributed by atoms with Gasteiger partial charge in [0.25, 0.3) is 0 Å². The summed E-state index contributed by atoms with van der Waals surface area (Å²) in [6, 6.07) is -0.198. The van der Waals surface area contributed by atoms with Crippen LogP contribution in [0.2, 0.25) is 0 Å². The second-order valence-electron chi connectivity index (χ2n) is 4.20. The third-order valence-electron chi connectivity index (χ3n) is 2.08. The highest BCUT2D eigenvalue weighted by atomic mass is 16.5. The molecule has 0 saturated heterocycles. The number of carbonyl (C=O) groups is 1. The zero-order valence-corrected chi connectivity index (χ0v) is 9.71. The van der Waals surface area contributed by atoms with Crippen LogP contribution in [0.4, 0.5) is 0 Å². The minimum absolute atomic E-state index is 0.144. The lowest BCUT2D eigenvalue weighted by Gasteiger charge is -2.10. The number of unbranched alkanes of at least 4 members (excludes halogenated alkanes) is 2.